The summed E-state index contributed by atoms with van der Waals surface area (Å²) in [7, 11) is -0.546. The van der Waals surface area contributed by atoms with Crippen LogP contribution in [0, 0.1) is 0 Å². The van der Waals surface area contributed by atoms with Crippen molar-refractivity contribution in [2.45, 2.75) is 57.1 Å². The lowest BCUT2D eigenvalue weighted by Crippen LogP contribution is -2.41. The quantitative estimate of drug-likeness (QED) is 0.444. The van der Waals surface area contributed by atoms with Crippen LogP contribution in [0.25, 0.3) is 0 Å². The van der Waals surface area contributed by atoms with E-state index in [1.165, 1.54) is 4.31 Å². The Morgan fingerprint density at radius 3 is 1.75 bits per heavy atom. The van der Waals surface area contributed by atoms with Gasteiger partial charge in [0.1, 0.15) is 11.5 Å². The first-order valence-corrected chi connectivity index (χ1v) is 12.2. The second kappa shape index (κ2) is 11.5. The molecule has 0 aliphatic carbocycles. The number of sulfonamides is 1. The van der Waals surface area contributed by atoms with E-state index in [0.717, 1.165) is 11.1 Å². The van der Waals surface area contributed by atoms with Gasteiger partial charge in [-0.3, -0.25) is 0 Å². The van der Waals surface area contributed by atoms with Crippen molar-refractivity contribution >= 4 is 10.0 Å². The van der Waals surface area contributed by atoms with Crippen molar-refractivity contribution in [1.82, 2.24) is 4.31 Å². The molecule has 2 rings (SSSR count). The van der Waals surface area contributed by atoms with Crippen LogP contribution < -0.4 is 9.47 Å². The van der Waals surface area contributed by atoms with Gasteiger partial charge in [0.05, 0.1) is 25.1 Å². The number of nitrogens with zero attached hydrogens (tertiary/aromatic N) is 1. The Kier molecular flexibility index (Phi) is 9.31. The predicted molar refractivity (Wildman–Crippen MR) is 128 cm³/mol. The molecule has 0 saturated carbocycles. The fourth-order valence-corrected chi connectivity index (χ4v) is 5.67. The van der Waals surface area contributed by atoms with E-state index < -0.39 is 20.9 Å². The van der Waals surface area contributed by atoms with Crippen LogP contribution in [0.15, 0.2) is 61.2 Å². The van der Waals surface area contributed by atoms with Gasteiger partial charge in [0.25, 0.3) is 0 Å². The third-order valence-corrected chi connectivity index (χ3v) is 7.46. The number of hydrogen-bond donors (Lipinski definition) is 1. The van der Waals surface area contributed by atoms with Crippen LogP contribution in [-0.2, 0) is 23.1 Å². The number of hydrogen-bond acceptors (Lipinski definition) is 5. The molecule has 0 radical (unpaired) electrons. The van der Waals surface area contributed by atoms with E-state index in [2.05, 4.69) is 6.58 Å². The third-order valence-electron chi connectivity index (χ3n) is 5.24. The zero-order valence-electron chi connectivity index (χ0n) is 19.5. The highest BCUT2D eigenvalue weighted by atomic mass is 32.2. The van der Waals surface area contributed by atoms with Crippen molar-refractivity contribution in [3.05, 3.63) is 72.3 Å². The average Bonchev–Trinajstić information content (AvgIpc) is 2.76. The summed E-state index contributed by atoms with van der Waals surface area (Å²) in [5.74, 6) is 1.42. The van der Waals surface area contributed by atoms with Crippen molar-refractivity contribution in [2.24, 2.45) is 0 Å². The minimum Gasteiger partial charge on any atom is -0.497 e. The van der Waals surface area contributed by atoms with Crippen LogP contribution >= 0.6 is 0 Å². The fourth-order valence-electron chi connectivity index (χ4n) is 3.53. The Bertz CT molecular complexity index is 898. The summed E-state index contributed by atoms with van der Waals surface area (Å²) < 4.78 is 39.5. The summed E-state index contributed by atoms with van der Waals surface area (Å²) in [6.45, 7) is 7.44. The molecule has 0 aliphatic rings. The van der Waals surface area contributed by atoms with E-state index in [0.29, 0.717) is 24.3 Å². The molecule has 0 fully saturated rings. The number of benzene rings is 2. The van der Waals surface area contributed by atoms with E-state index >= 15 is 0 Å². The van der Waals surface area contributed by atoms with Crippen molar-refractivity contribution in [1.29, 1.82) is 0 Å². The molecule has 0 amide bonds. The Morgan fingerprint density at radius 2 is 1.41 bits per heavy atom. The molecule has 0 unspecified atom stereocenters. The Morgan fingerprint density at radius 1 is 0.969 bits per heavy atom. The van der Waals surface area contributed by atoms with Gasteiger partial charge >= 0.3 is 0 Å². The maximum atomic E-state index is 13.8. The molecule has 7 heteroatoms. The SMILES string of the molecule is C=CCC[C@H](CC(C)(C)O)S(=O)(=O)N(Cc1ccc(OC)cc1)Cc1ccc(OC)cc1. The van der Waals surface area contributed by atoms with Gasteiger partial charge in [-0.15, -0.1) is 6.58 Å². The lowest BCUT2D eigenvalue weighted by molar-refractivity contribution is 0.0685. The minimum atomic E-state index is -3.73. The molecular weight excluding hydrogens is 426 g/mol. The van der Waals surface area contributed by atoms with Gasteiger partial charge in [0, 0.05) is 13.1 Å². The van der Waals surface area contributed by atoms with Crippen LogP contribution in [0.2, 0.25) is 0 Å². The highest BCUT2D eigenvalue weighted by molar-refractivity contribution is 7.89. The molecule has 0 heterocycles. The monoisotopic (exact) mass is 461 g/mol. The van der Waals surface area contributed by atoms with E-state index in [9.17, 15) is 13.5 Å². The van der Waals surface area contributed by atoms with Gasteiger partial charge in [-0.1, -0.05) is 30.3 Å². The molecule has 2 aromatic carbocycles. The molecule has 0 saturated heterocycles. The molecule has 2 aromatic rings. The average molecular weight is 462 g/mol. The van der Waals surface area contributed by atoms with Crippen LogP contribution in [0.5, 0.6) is 11.5 Å². The predicted octanol–water partition coefficient (Wildman–Crippen LogP) is 4.53. The molecule has 1 N–H and O–H groups in total. The Balaban J connectivity index is 2.40. The standard InChI is InChI=1S/C25H35NO5S/c1-6-7-8-24(17-25(2,3)27)32(28,29)26(18-20-9-13-22(30-4)14-10-20)19-21-11-15-23(31-5)16-12-21/h6,9-16,24,27H,1,7-8,17-19H2,2-5H3/t24-/m1/s1. The van der Waals surface area contributed by atoms with E-state index in [1.807, 2.05) is 48.5 Å². The van der Waals surface area contributed by atoms with Crippen LogP contribution in [0.4, 0.5) is 0 Å². The smallest absolute Gasteiger partial charge is 0.217 e. The maximum Gasteiger partial charge on any atom is 0.217 e. The largest absolute Gasteiger partial charge is 0.497 e. The van der Waals surface area contributed by atoms with E-state index in [-0.39, 0.29) is 19.5 Å². The van der Waals surface area contributed by atoms with Crippen LogP contribution in [0.1, 0.15) is 44.2 Å². The molecule has 0 aliphatic heterocycles. The number of allylic oxidation sites excluding steroid dienone is 1. The van der Waals surface area contributed by atoms with Gasteiger partial charge < -0.3 is 14.6 Å². The van der Waals surface area contributed by atoms with E-state index in [4.69, 9.17) is 9.47 Å². The Labute approximate surface area is 192 Å². The number of rotatable bonds is 13. The first-order chi connectivity index (χ1) is 15.1. The lowest BCUT2D eigenvalue weighted by atomic mass is 10.0. The summed E-state index contributed by atoms with van der Waals surface area (Å²) in [4.78, 5) is 0. The van der Waals surface area contributed by atoms with Crippen molar-refractivity contribution in [3.63, 3.8) is 0 Å². The molecular formula is C25H35NO5S. The molecule has 0 bridgehead atoms. The van der Waals surface area contributed by atoms with Gasteiger partial charge in [-0.05, 0) is 68.5 Å². The minimum absolute atomic E-state index is 0.144. The molecule has 6 nitrogen and oxygen atoms in total. The Hall–Kier alpha value is -2.35. The lowest BCUT2D eigenvalue weighted by Gasteiger charge is -2.31. The molecule has 176 valence electrons. The van der Waals surface area contributed by atoms with Crippen LogP contribution in [-0.4, -0.2) is 42.9 Å². The van der Waals surface area contributed by atoms with Gasteiger partial charge in [0.15, 0.2) is 0 Å². The third kappa shape index (κ3) is 7.65. The first kappa shape index (κ1) is 25.9. The molecule has 0 aromatic heterocycles. The highest BCUT2D eigenvalue weighted by Gasteiger charge is 2.35. The molecule has 32 heavy (non-hydrogen) atoms. The number of ether oxygens (including phenoxy) is 2. The number of aliphatic hydroxyl groups is 1. The van der Waals surface area contributed by atoms with Crippen molar-refractivity contribution in [3.8, 4) is 11.5 Å². The summed E-state index contributed by atoms with van der Waals surface area (Å²) in [6.07, 6.45) is 2.81. The zero-order chi connectivity index (χ0) is 23.8. The van der Waals surface area contributed by atoms with Crippen LogP contribution in [0.3, 0.4) is 0 Å². The van der Waals surface area contributed by atoms with Gasteiger partial charge in [-0.2, -0.15) is 4.31 Å². The second-order valence-corrected chi connectivity index (χ2v) is 10.7. The van der Waals surface area contributed by atoms with Gasteiger partial charge in [-0.25, -0.2) is 8.42 Å². The zero-order valence-corrected chi connectivity index (χ0v) is 20.3. The number of methoxy groups -OCH3 is 2. The van der Waals surface area contributed by atoms with Crippen molar-refractivity contribution in [2.75, 3.05) is 14.2 Å². The summed E-state index contributed by atoms with van der Waals surface area (Å²) in [5, 5.41) is 9.67. The fraction of sp³-hybridized carbons (Fsp3) is 0.440. The maximum absolute atomic E-state index is 13.8. The summed E-state index contributed by atoms with van der Waals surface area (Å²) >= 11 is 0. The molecule has 1 atom stereocenters. The molecule has 0 spiro atoms. The van der Waals surface area contributed by atoms with Crippen molar-refractivity contribution < 1.29 is 23.0 Å². The topological polar surface area (TPSA) is 76.1 Å². The normalized spacial score (nSPS) is 13.1. The van der Waals surface area contributed by atoms with E-state index in [1.54, 1.807) is 34.1 Å². The van der Waals surface area contributed by atoms with Gasteiger partial charge in [0.2, 0.25) is 10.0 Å². The summed E-state index contributed by atoms with van der Waals surface area (Å²) in [5.41, 5.74) is 0.604. The summed E-state index contributed by atoms with van der Waals surface area (Å²) in [6, 6.07) is 14.7. The second-order valence-electron chi connectivity index (χ2n) is 8.51. The first-order valence-electron chi connectivity index (χ1n) is 10.7. The highest BCUT2D eigenvalue weighted by Crippen LogP contribution is 2.27.